The summed E-state index contributed by atoms with van der Waals surface area (Å²) in [7, 11) is 1.67. The van der Waals surface area contributed by atoms with E-state index in [1.54, 1.807) is 19.2 Å². The third-order valence-corrected chi connectivity index (χ3v) is 9.26. The Labute approximate surface area is 245 Å². The number of likely N-dealkylation sites (tertiary alicyclic amines) is 1. The normalized spacial score (nSPS) is 26.3. The van der Waals surface area contributed by atoms with Crippen molar-refractivity contribution >= 4 is 29.4 Å². The Morgan fingerprint density at radius 2 is 1.71 bits per heavy atom. The average molecular weight is 586 g/mol. The molecule has 1 aliphatic carbocycles. The lowest BCUT2D eigenvalue weighted by Gasteiger charge is -2.46. The summed E-state index contributed by atoms with van der Waals surface area (Å²) in [5.41, 5.74) is -0.318. The summed E-state index contributed by atoms with van der Waals surface area (Å²) in [6.07, 6.45) is 2.04. The van der Waals surface area contributed by atoms with E-state index in [0.29, 0.717) is 37.5 Å². The second kappa shape index (κ2) is 12.5. The Kier molecular flexibility index (Phi) is 8.97. The van der Waals surface area contributed by atoms with Crippen molar-refractivity contribution in [2.24, 2.45) is 11.8 Å². The molecule has 2 heterocycles. The van der Waals surface area contributed by atoms with Crippen LogP contribution in [-0.2, 0) is 14.3 Å². The summed E-state index contributed by atoms with van der Waals surface area (Å²) >= 11 is 6.17. The zero-order valence-corrected chi connectivity index (χ0v) is 24.2. The van der Waals surface area contributed by atoms with Crippen molar-refractivity contribution in [3.8, 4) is 5.75 Å². The molecule has 10 heteroatoms. The minimum Gasteiger partial charge on any atom is -0.410 e. The number of likely N-dealkylation sites (N-methyl/N-ethyl adjacent to an activating group) is 1. The van der Waals surface area contributed by atoms with Crippen LogP contribution in [0.4, 0.5) is 9.18 Å². The van der Waals surface area contributed by atoms with Gasteiger partial charge in [0.1, 0.15) is 17.1 Å². The minimum absolute atomic E-state index is 0.0105. The number of amides is 2. The standard InChI is InChI=1S/C31H37ClFN3O5/c1-3-36(30(39)41-25-10-8-24(33)9-11-25)31(19-34-18-27(31)20-4-6-23(32)7-5-20)28(37)21-12-14-35(15-13-21)29(38)22-16-26(17-22)40-2/h4-11,21-22,26-27,34H,3,12-19H2,1-2H3/t22?,26?,27-,31+/m0/s1. The fourth-order valence-electron chi connectivity index (χ4n) is 6.63. The molecule has 3 aliphatic rings. The first-order valence-electron chi connectivity index (χ1n) is 14.3. The summed E-state index contributed by atoms with van der Waals surface area (Å²) in [6.45, 7) is 3.83. The number of nitrogens with zero attached hydrogens (tertiary/aromatic N) is 2. The van der Waals surface area contributed by atoms with Gasteiger partial charge in [0.25, 0.3) is 0 Å². The molecule has 2 saturated heterocycles. The molecular formula is C31H37ClFN3O5. The van der Waals surface area contributed by atoms with Gasteiger partial charge in [-0.2, -0.15) is 0 Å². The molecule has 5 rings (SSSR count). The first-order chi connectivity index (χ1) is 19.8. The number of hydrogen-bond acceptors (Lipinski definition) is 6. The monoisotopic (exact) mass is 585 g/mol. The molecule has 8 nitrogen and oxygen atoms in total. The molecule has 2 aliphatic heterocycles. The molecule has 0 bridgehead atoms. The zero-order valence-electron chi connectivity index (χ0n) is 23.5. The number of halogens is 2. The summed E-state index contributed by atoms with van der Waals surface area (Å²) < 4.78 is 24.5. The summed E-state index contributed by atoms with van der Waals surface area (Å²) in [4.78, 5) is 44.7. The van der Waals surface area contributed by atoms with Crippen molar-refractivity contribution < 1.29 is 28.2 Å². The van der Waals surface area contributed by atoms with Crippen LogP contribution in [0, 0.1) is 17.7 Å². The quantitative estimate of drug-likeness (QED) is 0.485. The topological polar surface area (TPSA) is 88.2 Å². The molecule has 2 amide bonds. The van der Waals surface area contributed by atoms with Gasteiger partial charge in [-0.15, -0.1) is 0 Å². The van der Waals surface area contributed by atoms with Crippen molar-refractivity contribution in [3.63, 3.8) is 0 Å². The Morgan fingerprint density at radius 1 is 1.05 bits per heavy atom. The molecule has 3 fully saturated rings. The van der Waals surface area contributed by atoms with Crippen LogP contribution in [-0.4, -0.2) is 79.1 Å². The Morgan fingerprint density at radius 3 is 2.32 bits per heavy atom. The van der Waals surface area contributed by atoms with E-state index in [9.17, 15) is 18.8 Å². The molecule has 1 saturated carbocycles. The average Bonchev–Trinajstić information content (AvgIpc) is 3.39. The van der Waals surface area contributed by atoms with Gasteiger partial charge in [0.15, 0.2) is 5.78 Å². The van der Waals surface area contributed by atoms with E-state index in [-0.39, 0.29) is 54.4 Å². The number of rotatable bonds is 8. The van der Waals surface area contributed by atoms with E-state index >= 15 is 0 Å². The highest BCUT2D eigenvalue weighted by Crippen LogP contribution is 2.42. The smallest absolute Gasteiger partial charge is 0.410 e. The fourth-order valence-corrected chi connectivity index (χ4v) is 6.76. The predicted octanol–water partition coefficient (Wildman–Crippen LogP) is 4.66. The SMILES string of the molecule is CCN(C(=O)Oc1ccc(F)cc1)[C@]1(C(=O)C2CCN(C(=O)C3CC(OC)C3)CC2)CNC[C@H]1c1ccc(Cl)cc1. The van der Waals surface area contributed by atoms with Crippen LogP contribution in [0.3, 0.4) is 0 Å². The number of benzene rings is 2. The lowest BCUT2D eigenvalue weighted by molar-refractivity contribution is -0.147. The van der Waals surface area contributed by atoms with Gasteiger partial charge in [0.2, 0.25) is 5.91 Å². The van der Waals surface area contributed by atoms with Crippen molar-refractivity contribution in [1.82, 2.24) is 15.1 Å². The minimum atomic E-state index is -1.21. The molecule has 2 aromatic rings. The van der Waals surface area contributed by atoms with Gasteiger partial charge in [-0.3, -0.25) is 14.5 Å². The molecule has 0 radical (unpaired) electrons. The van der Waals surface area contributed by atoms with Gasteiger partial charge in [-0.25, -0.2) is 9.18 Å². The van der Waals surface area contributed by atoms with Gasteiger partial charge >= 0.3 is 6.09 Å². The maximum absolute atomic E-state index is 14.6. The van der Waals surface area contributed by atoms with E-state index < -0.39 is 17.4 Å². The molecule has 0 spiro atoms. The summed E-state index contributed by atoms with van der Waals surface area (Å²) in [5.74, 6) is -0.807. The largest absolute Gasteiger partial charge is 0.416 e. The Balaban J connectivity index is 1.40. The zero-order chi connectivity index (χ0) is 29.1. The first-order valence-corrected chi connectivity index (χ1v) is 14.7. The maximum Gasteiger partial charge on any atom is 0.416 e. The molecule has 41 heavy (non-hydrogen) atoms. The molecule has 0 aromatic heterocycles. The number of Topliss-reactive ketones (excluding diaryl/α,β-unsaturated/α-hetero) is 1. The first kappa shape index (κ1) is 29.5. The van der Waals surface area contributed by atoms with Crippen LogP contribution in [0.25, 0.3) is 0 Å². The number of methoxy groups -OCH3 is 1. The molecule has 2 aromatic carbocycles. The van der Waals surface area contributed by atoms with Crippen LogP contribution in [0.15, 0.2) is 48.5 Å². The van der Waals surface area contributed by atoms with E-state index in [0.717, 1.165) is 18.4 Å². The number of carbonyl (C=O) groups excluding carboxylic acids is 3. The van der Waals surface area contributed by atoms with Crippen LogP contribution < -0.4 is 10.1 Å². The van der Waals surface area contributed by atoms with Gasteiger partial charge in [0, 0.05) is 62.6 Å². The molecular weight excluding hydrogens is 549 g/mol. The second-order valence-corrected chi connectivity index (χ2v) is 11.7. The van der Waals surface area contributed by atoms with Crippen LogP contribution in [0.1, 0.15) is 44.1 Å². The lowest BCUT2D eigenvalue weighted by Crippen LogP contribution is -2.64. The van der Waals surface area contributed by atoms with E-state index in [1.807, 2.05) is 24.0 Å². The molecule has 1 N–H and O–H groups in total. The lowest BCUT2D eigenvalue weighted by atomic mass is 9.71. The predicted molar refractivity (Wildman–Crippen MR) is 152 cm³/mol. The van der Waals surface area contributed by atoms with Crippen molar-refractivity contribution in [1.29, 1.82) is 0 Å². The fraction of sp³-hybridized carbons (Fsp3) is 0.516. The Hall–Kier alpha value is -3.01. The Bertz CT molecular complexity index is 1250. The molecule has 0 unspecified atom stereocenters. The number of ketones is 1. The van der Waals surface area contributed by atoms with Crippen molar-refractivity contribution in [3.05, 3.63) is 64.9 Å². The summed E-state index contributed by atoms with van der Waals surface area (Å²) in [6, 6.07) is 12.6. The van der Waals surface area contributed by atoms with Gasteiger partial charge in [-0.1, -0.05) is 23.7 Å². The van der Waals surface area contributed by atoms with Crippen LogP contribution in [0.2, 0.25) is 5.02 Å². The number of piperidine rings is 1. The molecule has 2 atom stereocenters. The third kappa shape index (κ3) is 5.85. The van der Waals surface area contributed by atoms with Gasteiger partial charge < -0.3 is 19.7 Å². The van der Waals surface area contributed by atoms with E-state index in [1.165, 1.54) is 29.2 Å². The second-order valence-electron chi connectivity index (χ2n) is 11.2. The number of hydrogen-bond donors (Lipinski definition) is 1. The highest BCUT2D eigenvalue weighted by atomic mass is 35.5. The highest BCUT2D eigenvalue weighted by molar-refractivity contribution is 6.30. The van der Waals surface area contributed by atoms with Crippen molar-refractivity contribution in [2.75, 3.05) is 39.8 Å². The number of carbonyl (C=O) groups is 3. The third-order valence-electron chi connectivity index (χ3n) is 9.01. The van der Waals surface area contributed by atoms with Gasteiger partial charge in [0.05, 0.1) is 6.10 Å². The van der Waals surface area contributed by atoms with Crippen molar-refractivity contribution in [2.45, 2.75) is 50.2 Å². The number of nitrogens with one attached hydrogen (secondary N) is 1. The number of ether oxygens (including phenoxy) is 2. The molecule has 220 valence electrons. The van der Waals surface area contributed by atoms with Crippen LogP contribution >= 0.6 is 11.6 Å². The highest BCUT2D eigenvalue weighted by Gasteiger charge is 2.57. The van der Waals surface area contributed by atoms with Crippen LogP contribution in [0.5, 0.6) is 5.75 Å². The van der Waals surface area contributed by atoms with E-state index in [2.05, 4.69) is 5.32 Å². The summed E-state index contributed by atoms with van der Waals surface area (Å²) in [5, 5.41) is 3.96. The van der Waals surface area contributed by atoms with Gasteiger partial charge in [-0.05, 0) is 74.6 Å². The van der Waals surface area contributed by atoms with E-state index in [4.69, 9.17) is 21.1 Å². The maximum atomic E-state index is 14.6.